The highest BCUT2D eigenvalue weighted by Gasteiger charge is 2.07. The molecule has 2 rings (SSSR count). The van der Waals surface area contributed by atoms with Crippen molar-refractivity contribution in [2.24, 2.45) is 10.9 Å². The zero-order valence-corrected chi connectivity index (χ0v) is 10.2. The molecular formula is C13H12FN3O2. The van der Waals surface area contributed by atoms with Crippen LogP contribution in [0.5, 0.6) is 11.6 Å². The van der Waals surface area contributed by atoms with Gasteiger partial charge in [0.1, 0.15) is 17.3 Å². The van der Waals surface area contributed by atoms with Crippen molar-refractivity contribution in [3.05, 3.63) is 53.5 Å². The van der Waals surface area contributed by atoms with E-state index < -0.39 is 5.82 Å². The number of ether oxygens (including phenoxy) is 1. The number of hydrogen-bond donors (Lipinski definition) is 2. The Morgan fingerprint density at radius 2 is 2.16 bits per heavy atom. The molecule has 1 aromatic carbocycles. The second-order valence-electron chi connectivity index (χ2n) is 3.86. The third kappa shape index (κ3) is 2.98. The first-order valence-corrected chi connectivity index (χ1v) is 5.49. The standard InChI is InChI=1S/C13H12FN3O2/c1-8-5-6-9(14)7-11(8)19-12-4-2-3-10(16-12)13(15)17-18/h2-7,18H,1H3,(H2,15,17). The Morgan fingerprint density at radius 1 is 1.37 bits per heavy atom. The van der Waals surface area contributed by atoms with E-state index in [1.807, 2.05) is 0 Å². The number of pyridine rings is 1. The molecule has 0 bridgehead atoms. The van der Waals surface area contributed by atoms with Crippen LogP contribution in [-0.2, 0) is 0 Å². The summed E-state index contributed by atoms with van der Waals surface area (Å²) in [5.41, 5.74) is 6.48. The van der Waals surface area contributed by atoms with Gasteiger partial charge < -0.3 is 15.7 Å². The summed E-state index contributed by atoms with van der Waals surface area (Å²) in [6.45, 7) is 1.79. The van der Waals surface area contributed by atoms with Gasteiger partial charge in [0.15, 0.2) is 5.84 Å². The van der Waals surface area contributed by atoms with Gasteiger partial charge in [-0.05, 0) is 24.6 Å². The van der Waals surface area contributed by atoms with Gasteiger partial charge >= 0.3 is 0 Å². The topological polar surface area (TPSA) is 80.7 Å². The lowest BCUT2D eigenvalue weighted by Crippen LogP contribution is -2.14. The number of rotatable bonds is 3. The normalized spacial score (nSPS) is 11.4. The average Bonchev–Trinajstić information content (AvgIpc) is 2.42. The van der Waals surface area contributed by atoms with E-state index in [2.05, 4.69) is 10.1 Å². The van der Waals surface area contributed by atoms with Crippen molar-refractivity contribution >= 4 is 5.84 Å². The Morgan fingerprint density at radius 3 is 2.89 bits per heavy atom. The fourth-order valence-corrected chi connectivity index (χ4v) is 1.46. The fraction of sp³-hybridized carbons (Fsp3) is 0.0769. The van der Waals surface area contributed by atoms with Crippen LogP contribution in [0.4, 0.5) is 4.39 Å². The van der Waals surface area contributed by atoms with Crippen molar-refractivity contribution in [3.8, 4) is 11.6 Å². The zero-order chi connectivity index (χ0) is 13.8. The van der Waals surface area contributed by atoms with Crippen LogP contribution in [-0.4, -0.2) is 16.0 Å². The summed E-state index contributed by atoms with van der Waals surface area (Å²) in [7, 11) is 0. The molecule has 19 heavy (non-hydrogen) atoms. The Labute approximate surface area is 109 Å². The van der Waals surface area contributed by atoms with Crippen molar-refractivity contribution in [2.45, 2.75) is 6.92 Å². The molecule has 6 heteroatoms. The molecular weight excluding hydrogens is 249 g/mol. The minimum atomic E-state index is -0.395. The van der Waals surface area contributed by atoms with Crippen LogP contribution in [0.25, 0.3) is 0 Å². The number of nitrogens with zero attached hydrogens (tertiary/aromatic N) is 2. The molecule has 0 spiro atoms. The van der Waals surface area contributed by atoms with Crippen molar-refractivity contribution in [2.75, 3.05) is 0 Å². The van der Waals surface area contributed by atoms with E-state index >= 15 is 0 Å². The molecule has 0 amide bonds. The van der Waals surface area contributed by atoms with Crippen molar-refractivity contribution in [1.82, 2.24) is 4.98 Å². The number of oxime groups is 1. The maximum atomic E-state index is 13.1. The molecule has 0 unspecified atom stereocenters. The van der Waals surface area contributed by atoms with Gasteiger partial charge in [-0.3, -0.25) is 0 Å². The fourth-order valence-electron chi connectivity index (χ4n) is 1.46. The maximum absolute atomic E-state index is 13.1. The van der Waals surface area contributed by atoms with Crippen LogP contribution in [0.1, 0.15) is 11.3 Å². The van der Waals surface area contributed by atoms with Crippen molar-refractivity contribution in [3.63, 3.8) is 0 Å². The van der Waals surface area contributed by atoms with Crippen LogP contribution >= 0.6 is 0 Å². The molecule has 0 aliphatic rings. The first kappa shape index (κ1) is 12.8. The Hall–Kier alpha value is -2.63. The van der Waals surface area contributed by atoms with Gasteiger partial charge in [0.05, 0.1) is 0 Å². The molecule has 0 radical (unpaired) electrons. The summed E-state index contributed by atoms with van der Waals surface area (Å²) in [6.07, 6.45) is 0. The van der Waals surface area contributed by atoms with Crippen molar-refractivity contribution < 1.29 is 14.3 Å². The van der Waals surface area contributed by atoms with Crippen LogP contribution < -0.4 is 10.5 Å². The highest BCUT2D eigenvalue weighted by molar-refractivity contribution is 5.95. The number of aryl methyl sites for hydroxylation is 1. The number of aromatic nitrogens is 1. The first-order valence-electron chi connectivity index (χ1n) is 5.49. The molecule has 5 nitrogen and oxygen atoms in total. The minimum Gasteiger partial charge on any atom is -0.439 e. The predicted octanol–water partition coefficient (Wildman–Crippen LogP) is 2.42. The Bertz CT molecular complexity index is 629. The van der Waals surface area contributed by atoms with Crippen LogP contribution in [0.15, 0.2) is 41.6 Å². The van der Waals surface area contributed by atoms with E-state index in [1.54, 1.807) is 31.2 Å². The second kappa shape index (κ2) is 5.34. The van der Waals surface area contributed by atoms with E-state index in [0.717, 1.165) is 5.56 Å². The molecule has 0 aliphatic heterocycles. The lowest BCUT2D eigenvalue weighted by atomic mass is 10.2. The summed E-state index contributed by atoms with van der Waals surface area (Å²) in [5, 5.41) is 11.4. The molecule has 1 heterocycles. The molecule has 2 aromatic rings. The molecule has 3 N–H and O–H groups in total. The number of nitrogens with two attached hydrogens (primary N) is 1. The number of benzene rings is 1. The Balaban J connectivity index is 2.31. The number of hydrogen-bond acceptors (Lipinski definition) is 4. The molecule has 0 saturated heterocycles. The third-order valence-corrected chi connectivity index (χ3v) is 2.46. The summed E-state index contributed by atoms with van der Waals surface area (Å²) in [4.78, 5) is 4.05. The highest BCUT2D eigenvalue weighted by atomic mass is 19.1. The van der Waals surface area contributed by atoms with E-state index in [0.29, 0.717) is 5.75 Å². The van der Waals surface area contributed by atoms with Gasteiger partial charge in [-0.15, -0.1) is 0 Å². The van der Waals surface area contributed by atoms with Gasteiger partial charge in [-0.1, -0.05) is 17.3 Å². The second-order valence-corrected chi connectivity index (χ2v) is 3.86. The van der Waals surface area contributed by atoms with E-state index in [1.165, 1.54) is 12.1 Å². The summed E-state index contributed by atoms with van der Waals surface area (Å²) >= 11 is 0. The maximum Gasteiger partial charge on any atom is 0.219 e. The quantitative estimate of drug-likeness (QED) is 0.385. The Kier molecular flexibility index (Phi) is 3.61. The smallest absolute Gasteiger partial charge is 0.219 e. The lowest BCUT2D eigenvalue weighted by molar-refractivity contribution is 0.318. The van der Waals surface area contributed by atoms with Gasteiger partial charge in [-0.2, -0.15) is 0 Å². The van der Waals surface area contributed by atoms with Gasteiger partial charge in [0, 0.05) is 12.1 Å². The highest BCUT2D eigenvalue weighted by Crippen LogP contribution is 2.24. The first-order chi connectivity index (χ1) is 9.10. The monoisotopic (exact) mass is 261 g/mol. The van der Waals surface area contributed by atoms with Gasteiger partial charge in [-0.25, -0.2) is 9.37 Å². The zero-order valence-electron chi connectivity index (χ0n) is 10.2. The van der Waals surface area contributed by atoms with Gasteiger partial charge in [0.2, 0.25) is 5.88 Å². The van der Waals surface area contributed by atoms with Crippen LogP contribution in [0.2, 0.25) is 0 Å². The number of amidine groups is 1. The van der Waals surface area contributed by atoms with E-state index in [4.69, 9.17) is 15.7 Å². The van der Waals surface area contributed by atoms with E-state index in [9.17, 15) is 4.39 Å². The molecule has 0 fully saturated rings. The third-order valence-electron chi connectivity index (χ3n) is 2.46. The SMILES string of the molecule is Cc1ccc(F)cc1Oc1cccc(/C(N)=N/O)n1. The molecule has 0 aliphatic carbocycles. The van der Waals surface area contributed by atoms with Crippen LogP contribution in [0.3, 0.4) is 0 Å². The summed E-state index contributed by atoms with van der Waals surface area (Å²) in [6, 6.07) is 9.04. The average molecular weight is 261 g/mol. The largest absolute Gasteiger partial charge is 0.439 e. The summed E-state index contributed by atoms with van der Waals surface area (Å²) < 4.78 is 18.6. The lowest BCUT2D eigenvalue weighted by Gasteiger charge is -2.08. The van der Waals surface area contributed by atoms with E-state index in [-0.39, 0.29) is 17.4 Å². The van der Waals surface area contributed by atoms with Gasteiger partial charge in [0.25, 0.3) is 0 Å². The van der Waals surface area contributed by atoms with Crippen molar-refractivity contribution in [1.29, 1.82) is 0 Å². The minimum absolute atomic E-state index is 0.124. The number of halogens is 1. The van der Waals surface area contributed by atoms with Crippen LogP contribution in [0, 0.1) is 12.7 Å². The molecule has 98 valence electrons. The molecule has 0 saturated carbocycles. The predicted molar refractivity (Wildman–Crippen MR) is 68.0 cm³/mol. The molecule has 0 atom stereocenters. The molecule has 1 aromatic heterocycles. The summed E-state index contributed by atoms with van der Waals surface area (Å²) in [5.74, 6) is 0.0802.